The summed E-state index contributed by atoms with van der Waals surface area (Å²) in [6.07, 6.45) is -5.89. The van der Waals surface area contributed by atoms with Crippen molar-refractivity contribution in [3.63, 3.8) is 0 Å². The topological polar surface area (TPSA) is 142 Å². The van der Waals surface area contributed by atoms with Crippen LogP contribution in [0.1, 0.15) is 41.0 Å². The van der Waals surface area contributed by atoms with Gasteiger partial charge in [0.2, 0.25) is 0 Å². The van der Waals surface area contributed by atoms with E-state index in [2.05, 4.69) is 0 Å². The Morgan fingerprint density at radius 2 is 0.800 bits per heavy atom. The lowest BCUT2D eigenvalue weighted by Crippen LogP contribution is -2.44. The van der Waals surface area contributed by atoms with Crippen molar-refractivity contribution in [2.24, 2.45) is 0 Å². The van der Waals surface area contributed by atoms with E-state index < -0.39 is 43.2 Å². The maximum Gasteiger partial charge on any atom is 0.110 e. The number of rotatable bonds is 16. The Labute approximate surface area is 198 Å². The highest BCUT2D eigenvalue weighted by molar-refractivity contribution is 8.17. The molecule has 0 aliphatic rings. The Morgan fingerprint density at radius 3 is 1.03 bits per heavy atom. The van der Waals surface area contributed by atoms with Gasteiger partial charge in [-0.3, -0.25) is 0 Å². The van der Waals surface area contributed by atoms with Gasteiger partial charge in [-0.1, -0.05) is 34.6 Å². The quantitative estimate of drug-likeness (QED) is 0.151. The van der Waals surface area contributed by atoms with Crippen molar-refractivity contribution in [2.45, 2.75) is 86.8 Å². The Morgan fingerprint density at radius 1 is 0.500 bits per heavy atom. The molecule has 0 saturated carbocycles. The Bertz CT molecular complexity index is 339. The van der Waals surface area contributed by atoms with Crippen LogP contribution in [-0.4, -0.2) is 111 Å². The monoisotopic (exact) mass is 510 g/mol. The maximum atomic E-state index is 9.89. The highest BCUT2D eigenvalue weighted by atomic mass is 32.2. The molecule has 11 heteroatoms. The van der Waals surface area contributed by atoms with Gasteiger partial charge in [-0.25, -0.2) is 0 Å². The standard InChI is InChI=1S/C10H22O3S2.C9H20O4S2/c1-4-7(11)8(12)9(13)10(14-5-2)15-6-3;1-3-14-9(15-4-2)8(13)7(12)6(11)5-10/h7-13H,4-6H2,1-3H3;6-13H,3-5H2,1-2H3/t7-,8+,9+;6-,7+,8+/m11/s1. The van der Waals surface area contributed by atoms with Gasteiger partial charge in [0.1, 0.15) is 30.5 Å². The predicted octanol–water partition coefficient (Wildman–Crippen LogP) is 1.21. The van der Waals surface area contributed by atoms with Crippen LogP contribution >= 0.6 is 47.0 Å². The molecule has 0 aromatic heterocycles. The summed E-state index contributed by atoms with van der Waals surface area (Å²) in [4.78, 5) is 0. The maximum absolute atomic E-state index is 9.89. The molecule has 0 saturated heterocycles. The van der Waals surface area contributed by atoms with Crippen molar-refractivity contribution in [3.8, 4) is 0 Å². The molecule has 0 aromatic rings. The molecular formula is C19H42O7S4. The third-order valence-corrected chi connectivity index (χ3v) is 9.37. The fourth-order valence-corrected chi connectivity index (χ4v) is 7.42. The highest BCUT2D eigenvalue weighted by Gasteiger charge is 2.31. The lowest BCUT2D eigenvalue weighted by atomic mass is 10.1. The molecular weight excluding hydrogens is 468 g/mol. The summed E-state index contributed by atoms with van der Waals surface area (Å²) in [7, 11) is 0. The molecule has 0 spiro atoms. The van der Waals surface area contributed by atoms with Gasteiger partial charge in [0.05, 0.1) is 21.9 Å². The van der Waals surface area contributed by atoms with Gasteiger partial charge in [-0.05, 0) is 29.4 Å². The van der Waals surface area contributed by atoms with Gasteiger partial charge in [-0.2, -0.15) is 0 Å². The lowest BCUT2D eigenvalue weighted by molar-refractivity contribution is -0.0706. The van der Waals surface area contributed by atoms with Gasteiger partial charge in [-0.15, -0.1) is 47.0 Å². The molecule has 7 N–H and O–H groups in total. The SMILES string of the molecule is CCSC(SCC)[C@@H](O)[C@@H](O)[C@H](O)CC.CCSC(SCC)[C@@H](O)[C@@H](O)[C@H](O)CO. The van der Waals surface area contributed by atoms with Crippen LogP contribution in [0.4, 0.5) is 0 Å². The van der Waals surface area contributed by atoms with E-state index in [0.29, 0.717) is 6.42 Å². The first-order valence-corrected chi connectivity index (χ1v) is 14.5. The van der Waals surface area contributed by atoms with E-state index in [1.54, 1.807) is 30.4 Å². The third-order valence-electron chi connectivity index (χ3n) is 3.98. The van der Waals surface area contributed by atoms with Crippen LogP contribution in [0.3, 0.4) is 0 Å². The predicted molar refractivity (Wildman–Crippen MR) is 134 cm³/mol. The van der Waals surface area contributed by atoms with E-state index in [-0.39, 0.29) is 9.16 Å². The van der Waals surface area contributed by atoms with Gasteiger partial charge in [0.15, 0.2) is 0 Å². The first kappa shape index (κ1) is 33.3. The van der Waals surface area contributed by atoms with E-state index >= 15 is 0 Å². The van der Waals surface area contributed by atoms with Crippen LogP contribution < -0.4 is 0 Å². The normalized spacial score (nSPS) is 17.8. The minimum atomic E-state index is -1.29. The third kappa shape index (κ3) is 13.6. The summed E-state index contributed by atoms with van der Waals surface area (Å²) >= 11 is 6.27. The second kappa shape index (κ2) is 20.7. The first-order chi connectivity index (χ1) is 14.2. The van der Waals surface area contributed by atoms with E-state index in [0.717, 1.165) is 23.0 Å². The minimum Gasteiger partial charge on any atom is -0.394 e. The van der Waals surface area contributed by atoms with Crippen molar-refractivity contribution in [1.29, 1.82) is 0 Å². The molecule has 7 nitrogen and oxygen atoms in total. The molecule has 0 unspecified atom stereocenters. The summed E-state index contributed by atoms with van der Waals surface area (Å²) in [6, 6.07) is 0. The van der Waals surface area contributed by atoms with Crippen LogP contribution in [0.15, 0.2) is 0 Å². The molecule has 0 aliphatic carbocycles. The lowest BCUT2D eigenvalue weighted by Gasteiger charge is -2.28. The van der Waals surface area contributed by atoms with Gasteiger partial charge < -0.3 is 35.7 Å². The largest absolute Gasteiger partial charge is 0.394 e. The van der Waals surface area contributed by atoms with Crippen LogP contribution in [0, 0.1) is 0 Å². The van der Waals surface area contributed by atoms with Gasteiger partial charge >= 0.3 is 0 Å². The molecule has 0 aliphatic heterocycles. The Kier molecular flexibility index (Phi) is 23.0. The average molecular weight is 511 g/mol. The van der Waals surface area contributed by atoms with Crippen molar-refractivity contribution in [2.75, 3.05) is 29.6 Å². The highest BCUT2D eigenvalue weighted by Crippen LogP contribution is 2.29. The van der Waals surface area contributed by atoms with E-state index in [1.165, 1.54) is 23.5 Å². The second-order valence-electron chi connectivity index (χ2n) is 6.25. The van der Waals surface area contributed by atoms with Crippen molar-refractivity contribution in [1.82, 2.24) is 0 Å². The molecule has 0 heterocycles. The summed E-state index contributed by atoms with van der Waals surface area (Å²) in [5.74, 6) is 3.45. The molecule has 0 aromatic carbocycles. The first-order valence-electron chi connectivity index (χ1n) is 10.3. The van der Waals surface area contributed by atoms with E-state index in [4.69, 9.17) is 5.11 Å². The smallest absolute Gasteiger partial charge is 0.110 e. The zero-order valence-corrected chi connectivity index (χ0v) is 21.9. The molecule has 30 heavy (non-hydrogen) atoms. The molecule has 0 bridgehead atoms. The fourth-order valence-electron chi connectivity index (χ4n) is 2.27. The van der Waals surface area contributed by atoms with Crippen molar-refractivity contribution in [3.05, 3.63) is 0 Å². The molecule has 0 fully saturated rings. The summed E-state index contributed by atoms with van der Waals surface area (Å²) in [5.41, 5.74) is 0. The zero-order valence-electron chi connectivity index (χ0n) is 18.6. The van der Waals surface area contributed by atoms with Crippen LogP contribution in [0.5, 0.6) is 0 Å². The number of thioether (sulfide) groups is 4. The number of aliphatic hydroxyl groups excluding tert-OH is 7. The van der Waals surface area contributed by atoms with Gasteiger partial charge in [0, 0.05) is 0 Å². The Hall–Kier alpha value is 1.12. The molecule has 0 amide bonds. The van der Waals surface area contributed by atoms with Gasteiger partial charge in [0.25, 0.3) is 0 Å². The molecule has 0 rings (SSSR count). The second-order valence-corrected chi connectivity index (χ2v) is 12.5. The zero-order chi connectivity index (χ0) is 23.7. The molecule has 0 radical (unpaired) electrons. The van der Waals surface area contributed by atoms with Crippen LogP contribution in [-0.2, 0) is 0 Å². The van der Waals surface area contributed by atoms with Crippen LogP contribution in [0.2, 0.25) is 0 Å². The Balaban J connectivity index is 0. The minimum absolute atomic E-state index is 0.0591. The average Bonchev–Trinajstić information content (AvgIpc) is 2.75. The van der Waals surface area contributed by atoms with Crippen molar-refractivity contribution < 1.29 is 35.7 Å². The fraction of sp³-hybridized carbons (Fsp3) is 1.00. The molecule has 6 atom stereocenters. The summed E-state index contributed by atoms with van der Waals surface area (Å²) < 4.78 is -0.229. The van der Waals surface area contributed by atoms with Crippen molar-refractivity contribution >= 4 is 47.0 Å². The van der Waals surface area contributed by atoms with Crippen LogP contribution in [0.25, 0.3) is 0 Å². The van der Waals surface area contributed by atoms with E-state index in [1.807, 2.05) is 27.7 Å². The summed E-state index contributed by atoms with van der Waals surface area (Å²) in [6.45, 7) is 9.21. The summed E-state index contributed by atoms with van der Waals surface area (Å²) in [5, 5.41) is 66.2. The molecule has 184 valence electrons. The number of hydrogen-bond donors (Lipinski definition) is 7. The van der Waals surface area contributed by atoms with E-state index in [9.17, 15) is 30.6 Å². The number of aliphatic hydroxyl groups is 7. The number of hydrogen-bond acceptors (Lipinski definition) is 11.